The van der Waals surface area contributed by atoms with Crippen LogP contribution in [0.5, 0.6) is 0 Å². The third-order valence-electron chi connectivity index (χ3n) is 3.11. The van der Waals surface area contributed by atoms with Crippen molar-refractivity contribution in [1.29, 1.82) is 0 Å². The van der Waals surface area contributed by atoms with Crippen molar-refractivity contribution in [2.45, 2.75) is 24.4 Å². The summed E-state index contributed by atoms with van der Waals surface area (Å²) in [6, 6.07) is 3.01. The molecule has 0 saturated carbocycles. The Bertz CT molecular complexity index is 902. The Labute approximate surface area is 140 Å². The summed E-state index contributed by atoms with van der Waals surface area (Å²) in [4.78, 5) is 14.7. The summed E-state index contributed by atoms with van der Waals surface area (Å²) >= 11 is 1.04. The Morgan fingerprint density at radius 1 is 1.33 bits per heavy atom. The first-order valence-electron chi connectivity index (χ1n) is 6.56. The summed E-state index contributed by atoms with van der Waals surface area (Å²) in [5.41, 5.74) is 4.48. The van der Waals surface area contributed by atoms with Crippen LogP contribution >= 0.6 is 11.3 Å². The molecule has 2 rings (SSSR count). The fourth-order valence-corrected chi connectivity index (χ4v) is 4.12. The van der Waals surface area contributed by atoms with Gasteiger partial charge >= 0.3 is 6.18 Å². The van der Waals surface area contributed by atoms with Crippen LogP contribution in [0.25, 0.3) is 10.4 Å². The number of nitrogens with zero attached hydrogens (tertiary/aromatic N) is 1. The van der Waals surface area contributed by atoms with E-state index in [0.717, 1.165) is 29.7 Å². The van der Waals surface area contributed by atoms with Crippen molar-refractivity contribution < 1.29 is 26.4 Å². The standard InChI is InChI=1S/C14H13F3N2O3S2/c1-7-13(23-12(19-7)6-11(18)20)8-3-4-10(24(2,21)22)9(5-8)14(15,16)17/h3-5H,6H2,1-2H3,(H2,18,20). The van der Waals surface area contributed by atoms with Crippen LogP contribution in [0.4, 0.5) is 13.2 Å². The molecule has 1 heterocycles. The van der Waals surface area contributed by atoms with E-state index in [1.807, 2.05) is 0 Å². The number of hydrogen-bond donors (Lipinski definition) is 1. The highest BCUT2D eigenvalue weighted by Crippen LogP contribution is 2.39. The van der Waals surface area contributed by atoms with Gasteiger partial charge < -0.3 is 5.73 Å². The molecule has 0 aliphatic carbocycles. The smallest absolute Gasteiger partial charge is 0.369 e. The van der Waals surface area contributed by atoms with Crippen LogP contribution in [0.15, 0.2) is 23.1 Å². The number of carbonyl (C=O) groups is 1. The first-order valence-corrected chi connectivity index (χ1v) is 9.26. The van der Waals surface area contributed by atoms with E-state index in [1.165, 1.54) is 6.07 Å². The summed E-state index contributed by atoms with van der Waals surface area (Å²) < 4.78 is 62.8. The van der Waals surface area contributed by atoms with Gasteiger partial charge in [0, 0.05) is 6.26 Å². The van der Waals surface area contributed by atoms with Gasteiger partial charge in [0.1, 0.15) is 5.01 Å². The number of primary amides is 1. The molecular weight excluding hydrogens is 365 g/mol. The Hall–Kier alpha value is -1.94. The second-order valence-corrected chi connectivity index (χ2v) is 8.21. The number of thiazole rings is 1. The zero-order valence-electron chi connectivity index (χ0n) is 12.6. The molecule has 0 atom stereocenters. The number of halogens is 3. The average molecular weight is 378 g/mol. The van der Waals surface area contributed by atoms with Crippen LogP contribution in [-0.4, -0.2) is 25.6 Å². The molecule has 2 N–H and O–H groups in total. The van der Waals surface area contributed by atoms with Gasteiger partial charge in [-0.2, -0.15) is 13.2 Å². The van der Waals surface area contributed by atoms with Crippen molar-refractivity contribution in [1.82, 2.24) is 4.98 Å². The lowest BCUT2D eigenvalue weighted by molar-refractivity contribution is -0.139. The summed E-state index contributed by atoms with van der Waals surface area (Å²) in [6.45, 7) is 1.59. The highest BCUT2D eigenvalue weighted by Gasteiger charge is 2.36. The van der Waals surface area contributed by atoms with E-state index in [4.69, 9.17) is 5.73 Å². The predicted octanol–water partition coefficient (Wildman–Crippen LogP) is 2.57. The summed E-state index contributed by atoms with van der Waals surface area (Å²) in [5.74, 6) is -0.598. The molecule has 0 radical (unpaired) electrons. The zero-order valence-corrected chi connectivity index (χ0v) is 14.3. The van der Waals surface area contributed by atoms with Gasteiger partial charge in [-0.25, -0.2) is 13.4 Å². The molecule has 10 heteroatoms. The maximum Gasteiger partial charge on any atom is 0.417 e. The molecule has 0 spiro atoms. The fourth-order valence-electron chi connectivity index (χ4n) is 2.16. The molecular formula is C14H13F3N2O3S2. The monoisotopic (exact) mass is 378 g/mol. The number of nitrogens with two attached hydrogens (primary N) is 1. The molecule has 1 amide bonds. The molecule has 0 aliphatic rings. The largest absolute Gasteiger partial charge is 0.417 e. The molecule has 5 nitrogen and oxygen atoms in total. The molecule has 2 aromatic rings. The lowest BCUT2D eigenvalue weighted by atomic mass is 10.1. The number of carbonyl (C=O) groups excluding carboxylic acids is 1. The molecule has 0 fully saturated rings. The molecule has 130 valence electrons. The van der Waals surface area contributed by atoms with E-state index in [9.17, 15) is 26.4 Å². The van der Waals surface area contributed by atoms with Gasteiger partial charge in [0.2, 0.25) is 5.91 Å². The first-order chi connectivity index (χ1) is 10.9. The lowest BCUT2D eigenvalue weighted by Crippen LogP contribution is -2.13. The van der Waals surface area contributed by atoms with Crippen LogP contribution in [0.2, 0.25) is 0 Å². The van der Waals surface area contributed by atoms with Crippen molar-refractivity contribution in [3.63, 3.8) is 0 Å². The Kier molecular flexibility index (Phi) is 4.73. The van der Waals surface area contributed by atoms with Crippen LogP contribution < -0.4 is 5.73 Å². The van der Waals surface area contributed by atoms with E-state index in [1.54, 1.807) is 6.92 Å². The van der Waals surface area contributed by atoms with Crippen LogP contribution in [-0.2, 0) is 27.2 Å². The molecule has 1 aromatic heterocycles. The Balaban J connectivity index is 2.61. The summed E-state index contributed by atoms with van der Waals surface area (Å²) in [7, 11) is -4.03. The Morgan fingerprint density at radius 2 is 1.96 bits per heavy atom. The lowest BCUT2D eigenvalue weighted by Gasteiger charge is -2.13. The van der Waals surface area contributed by atoms with Crippen molar-refractivity contribution in [3.8, 4) is 10.4 Å². The number of rotatable bonds is 4. The maximum absolute atomic E-state index is 13.2. The fraction of sp³-hybridized carbons (Fsp3) is 0.286. The van der Waals surface area contributed by atoms with Crippen LogP contribution in [0, 0.1) is 6.92 Å². The van der Waals surface area contributed by atoms with E-state index in [2.05, 4.69) is 4.98 Å². The third kappa shape index (κ3) is 3.93. The minimum absolute atomic E-state index is 0.112. The first kappa shape index (κ1) is 18.4. The number of aromatic nitrogens is 1. The van der Waals surface area contributed by atoms with Gasteiger partial charge in [0.05, 0.1) is 27.5 Å². The number of amides is 1. The van der Waals surface area contributed by atoms with Gasteiger partial charge in [-0.1, -0.05) is 6.07 Å². The van der Waals surface area contributed by atoms with Gasteiger partial charge in [0.25, 0.3) is 0 Å². The number of aryl methyl sites for hydroxylation is 1. The molecule has 0 unspecified atom stereocenters. The van der Waals surface area contributed by atoms with E-state index in [0.29, 0.717) is 15.6 Å². The van der Waals surface area contributed by atoms with Crippen LogP contribution in [0.1, 0.15) is 16.3 Å². The van der Waals surface area contributed by atoms with Gasteiger partial charge in [-0.15, -0.1) is 11.3 Å². The SMILES string of the molecule is Cc1nc(CC(N)=O)sc1-c1ccc(S(C)(=O)=O)c(C(F)(F)F)c1. The minimum atomic E-state index is -4.82. The number of benzene rings is 1. The highest BCUT2D eigenvalue weighted by atomic mass is 32.2. The predicted molar refractivity (Wildman–Crippen MR) is 83.3 cm³/mol. The topological polar surface area (TPSA) is 90.1 Å². The molecule has 0 bridgehead atoms. The van der Waals surface area contributed by atoms with Crippen molar-refractivity contribution in [2.24, 2.45) is 5.73 Å². The maximum atomic E-state index is 13.2. The van der Waals surface area contributed by atoms with Crippen LogP contribution in [0.3, 0.4) is 0 Å². The van der Waals surface area contributed by atoms with E-state index < -0.39 is 32.4 Å². The third-order valence-corrected chi connectivity index (χ3v) is 5.47. The molecule has 0 saturated heterocycles. The van der Waals surface area contributed by atoms with E-state index in [-0.39, 0.29) is 12.0 Å². The van der Waals surface area contributed by atoms with Gasteiger partial charge in [-0.3, -0.25) is 4.79 Å². The van der Waals surface area contributed by atoms with Crippen molar-refractivity contribution in [3.05, 3.63) is 34.5 Å². The second kappa shape index (κ2) is 6.17. The molecule has 1 aromatic carbocycles. The number of alkyl halides is 3. The van der Waals surface area contributed by atoms with Gasteiger partial charge in [0.15, 0.2) is 9.84 Å². The molecule has 0 aliphatic heterocycles. The van der Waals surface area contributed by atoms with Crippen molar-refractivity contribution in [2.75, 3.05) is 6.26 Å². The number of hydrogen-bond acceptors (Lipinski definition) is 5. The zero-order chi connectivity index (χ0) is 18.3. The molecule has 24 heavy (non-hydrogen) atoms. The quantitative estimate of drug-likeness (QED) is 0.885. The Morgan fingerprint density at radius 3 is 2.46 bits per heavy atom. The highest BCUT2D eigenvalue weighted by molar-refractivity contribution is 7.90. The minimum Gasteiger partial charge on any atom is -0.369 e. The normalized spacial score (nSPS) is 12.4. The summed E-state index contributed by atoms with van der Waals surface area (Å²) in [6.07, 6.45) is -4.21. The summed E-state index contributed by atoms with van der Waals surface area (Å²) in [5, 5.41) is 0.385. The number of sulfone groups is 1. The van der Waals surface area contributed by atoms with E-state index >= 15 is 0 Å². The van der Waals surface area contributed by atoms with Crippen molar-refractivity contribution >= 4 is 27.1 Å². The average Bonchev–Trinajstić information content (AvgIpc) is 2.76. The second-order valence-electron chi connectivity index (χ2n) is 5.15. The van der Waals surface area contributed by atoms with Gasteiger partial charge in [-0.05, 0) is 24.6 Å².